The summed E-state index contributed by atoms with van der Waals surface area (Å²) in [4.78, 5) is 0. The van der Waals surface area contributed by atoms with Gasteiger partial charge in [-0.1, -0.05) is 110 Å². The normalized spacial score (nSPS) is 12.0. The highest BCUT2D eigenvalue weighted by Gasteiger charge is 2.20. The zero-order valence-electron chi connectivity index (χ0n) is 21.2. The quantitative estimate of drug-likeness (QED) is 0.227. The topological polar surface area (TPSA) is 58.9 Å². The smallest absolute Gasteiger partial charge is 0.131 e. The highest BCUT2D eigenvalue weighted by atomic mass is 16.5. The molecule has 0 amide bonds. The van der Waals surface area contributed by atoms with Crippen molar-refractivity contribution in [3.8, 4) is 22.6 Å². The maximum atomic E-state index is 10.4. The molecule has 1 atom stereocenters. The standard InChI is InChI=1S/C33H34O4/c1-2-29-30(19-18-28(35)20-21-34)33(27-16-10-5-11-17-27)32(37-24-26-14-8-4-9-15-26)22-31(29)36-23-25-12-6-3-7-13-25/h3-19,22,28,34-35H,2,20-21,23-24H2,1H3. The van der Waals surface area contributed by atoms with Crippen LogP contribution in [0.1, 0.15) is 35.6 Å². The van der Waals surface area contributed by atoms with Gasteiger partial charge in [0, 0.05) is 23.8 Å². The molecule has 4 rings (SSSR count). The van der Waals surface area contributed by atoms with E-state index >= 15 is 0 Å². The summed E-state index contributed by atoms with van der Waals surface area (Å²) in [6, 6.07) is 32.3. The van der Waals surface area contributed by atoms with Crippen LogP contribution < -0.4 is 9.47 Å². The Hall–Kier alpha value is -3.86. The molecule has 0 aliphatic carbocycles. The minimum absolute atomic E-state index is 0.0800. The molecule has 2 N–H and O–H groups in total. The lowest BCUT2D eigenvalue weighted by molar-refractivity contribution is 0.171. The Morgan fingerprint density at radius 3 is 1.84 bits per heavy atom. The predicted molar refractivity (Wildman–Crippen MR) is 150 cm³/mol. The van der Waals surface area contributed by atoms with E-state index in [4.69, 9.17) is 9.47 Å². The van der Waals surface area contributed by atoms with Crippen LogP contribution >= 0.6 is 0 Å². The van der Waals surface area contributed by atoms with Crippen LogP contribution in [0.15, 0.2) is 103 Å². The van der Waals surface area contributed by atoms with Crippen molar-refractivity contribution in [3.63, 3.8) is 0 Å². The minimum atomic E-state index is -0.749. The molecule has 0 saturated carbocycles. The van der Waals surface area contributed by atoms with E-state index in [1.807, 2.05) is 91.0 Å². The summed E-state index contributed by atoms with van der Waals surface area (Å²) >= 11 is 0. The molecule has 0 saturated heterocycles. The molecule has 0 aliphatic heterocycles. The number of benzene rings is 4. The molecule has 190 valence electrons. The first kappa shape index (κ1) is 26.2. The monoisotopic (exact) mass is 494 g/mol. The summed E-state index contributed by atoms with van der Waals surface area (Å²) in [7, 11) is 0. The number of ether oxygens (including phenoxy) is 2. The molecular weight excluding hydrogens is 460 g/mol. The average molecular weight is 495 g/mol. The molecule has 4 aromatic carbocycles. The second-order valence-electron chi connectivity index (χ2n) is 8.85. The fraction of sp³-hybridized carbons (Fsp3) is 0.212. The summed E-state index contributed by atoms with van der Waals surface area (Å²) in [5.74, 6) is 1.47. The maximum Gasteiger partial charge on any atom is 0.131 e. The van der Waals surface area contributed by atoms with Gasteiger partial charge in [0.2, 0.25) is 0 Å². The molecule has 4 nitrogen and oxygen atoms in total. The molecule has 0 heterocycles. The van der Waals surface area contributed by atoms with Gasteiger partial charge in [-0.25, -0.2) is 0 Å². The van der Waals surface area contributed by atoms with Crippen molar-refractivity contribution in [2.45, 2.75) is 39.1 Å². The molecule has 0 aliphatic rings. The first-order valence-electron chi connectivity index (χ1n) is 12.8. The van der Waals surface area contributed by atoms with E-state index in [9.17, 15) is 10.2 Å². The molecule has 0 radical (unpaired) electrons. The van der Waals surface area contributed by atoms with E-state index in [0.29, 0.717) is 19.0 Å². The molecule has 1 unspecified atom stereocenters. The third-order valence-corrected chi connectivity index (χ3v) is 6.20. The SMILES string of the molecule is CCc1c(OCc2ccccc2)cc(OCc2ccccc2)c(-c2ccccc2)c1C=CC(O)CCO. The number of aliphatic hydroxyl groups excluding tert-OH is 2. The highest BCUT2D eigenvalue weighted by Crippen LogP contribution is 2.42. The van der Waals surface area contributed by atoms with Gasteiger partial charge in [0.1, 0.15) is 24.7 Å². The number of hydrogen-bond acceptors (Lipinski definition) is 4. The highest BCUT2D eigenvalue weighted by molar-refractivity contribution is 5.84. The van der Waals surface area contributed by atoms with Gasteiger partial charge in [0.05, 0.1) is 6.10 Å². The van der Waals surface area contributed by atoms with Crippen LogP contribution in [0.4, 0.5) is 0 Å². The Kier molecular flexibility index (Phi) is 9.53. The summed E-state index contributed by atoms with van der Waals surface area (Å²) in [6.07, 6.45) is 3.94. The molecule has 4 aromatic rings. The summed E-state index contributed by atoms with van der Waals surface area (Å²) < 4.78 is 12.8. The van der Waals surface area contributed by atoms with Crippen molar-refractivity contribution in [3.05, 3.63) is 125 Å². The second-order valence-corrected chi connectivity index (χ2v) is 8.85. The van der Waals surface area contributed by atoms with E-state index in [1.54, 1.807) is 6.08 Å². The van der Waals surface area contributed by atoms with Crippen molar-refractivity contribution in [2.75, 3.05) is 6.61 Å². The Labute approximate surface area is 219 Å². The van der Waals surface area contributed by atoms with Gasteiger partial charge in [-0.3, -0.25) is 0 Å². The predicted octanol–water partition coefficient (Wildman–Crippen LogP) is 6.83. The van der Waals surface area contributed by atoms with E-state index < -0.39 is 6.10 Å². The van der Waals surface area contributed by atoms with Gasteiger partial charge in [0.25, 0.3) is 0 Å². The lowest BCUT2D eigenvalue weighted by atomic mass is 9.91. The van der Waals surface area contributed by atoms with Gasteiger partial charge in [-0.15, -0.1) is 0 Å². The van der Waals surface area contributed by atoms with Gasteiger partial charge in [-0.05, 0) is 35.1 Å². The first-order chi connectivity index (χ1) is 18.2. The zero-order valence-corrected chi connectivity index (χ0v) is 21.2. The zero-order chi connectivity index (χ0) is 25.9. The molecule has 4 heteroatoms. The Morgan fingerprint density at radius 1 is 0.757 bits per heavy atom. The van der Waals surface area contributed by atoms with Crippen LogP contribution in [0.25, 0.3) is 17.2 Å². The Bertz CT molecular complexity index is 1270. The van der Waals surface area contributed by atoms with Crippen LogP contribution in [0.5, 0.6) is 11.5 Å². The van der Waals surface area contributed by atoms with Crippen LogP contribution in [-0.2, 0) is 19.6 Å². The average Bonchev–Trinajstić information content (AvgIpc) is 2.95. The third kappa shape index (κ3) is 7.10. The lowest BCUT2D eigenvalue weighted by Crippen LogP contribution is -2.06. The van der Waals surface area contributed by atoms with E-state index in [2.05, 4.69) is 19.1 Å². The number of aliphatic hydroxyl groups is 2. The van der Waals surface area contributed by atoms with Gasteiger partial charge in [0.15, 0.2) is 0 Å². The first-order valence-corrected chi connectivity index (χ1v) is 12.8. The minimum Gasteiger partial charge on any atom is -0.488 e. The molecule has 0 fully saturated rings. The molecular formula is C33H34O4. The Balaban J connectivity index is 1.83. The number of hydrogen-bond donors (Lipinski definition) is 2. The van der Waals surface area contributed by atoms with Crippen LogP contribution in [-0.4, -0.2) is 22.9 Å². The van der Waals surface area contributed by atoms with Crippen molar-refractivity contribution in [1.29, 1.82) is 0 Å². The largest absolute Gasteiger partial charge is 0.488 e. The third-order valence-electron chi connectivity index (χ3n) is 6.20. The van der Waals surface area contributed by atoms with Gasteiger partial charge < -0.3 is 19.7 Å². The van der Waals surface area contributed by atoms with Gasteiger partial charge >= 0.3 is 0 Å². The van der Waals surface area contributed by atoms with E-state index in [1.165, 1.54) is 0 Å². The summed E-state index contributed by atoms with van der Waals surface area (Å²) in [5, 5.41) is 19.6. The van der Waals surface area contributed by atoms with Crippen molar-refractivity contribution < 1.29 is 19.7 Å². The molecule has 0 spiro atoms. The summed E-state index contributed by atoms with van der Waals surface area (Å²) in [6.45, 7) is 2.88. The van der Waals surface area contributed by atoms with Crippen molar-refractivity contribution >= 4 is 6.08 Å². The second kappa shape index (κ2) is 13.4. The lowest BCUT2D eigenvalue weighted by Gasteiger charge is -2.21. The summed E-state index contributed by atoms with van der Waals surface area (Å²) in [5.41, 5.74) is 6.11. The van der Waals surface area contributed by atoms with Crippen LogP contribution in [0.2, 0.25) is 0 Å². The van der Waals surface area contributed by atoms with Crippen molar-refractivity contribution in [2.24, 2.45) is 0 Å². The molecule has 37 heavy (non-hydrogen) atoms. The van der Waals surface area contributed by atoms with E-state index in [0.717, 1.165) is 45.6 Å². The van der Waals surface area contributed by atoms with E-state index in [-0.39, 0.29) is 13.0 Å². The number of rotatable bonds is 12. The van der Waals surface area contributed by atoms with Gasteiger partial charge in [-0.2, -0.15) is 0 Å². The maximum absolute atomic E-state index is 10.4. The van der Waals surface area contributed by atoms with Crippen LogP contribution in [0, 0.1) is 0 Å². The fourth-order valence-electron chi connectivity index (χ4n) is 4.29. The fourth-order valence-corrected chi connectivity index (χ4v) is 4.29. The van der Waals surface area contributed by atoms with Crippen molar-refractivity contribution in [1.82, 2.24) is 0 Å². The molecule has 0 aromatic heterocycles. The van der Waals surface area contributed by atoms with Crippen LogP contribution in [0.3, 0.4) is 0 Å². The Morgan fingerprint density at radius 2 is 1.30 bits per heavy atom. The molecule has 0 bridgehead atoms.